The van der Waals surface area contributed by atoms with Crippen molar-refractivity contribution in [1.29, 1.82) is 0 Å². The number of anilines is 2. The van der Waals surface area contributed by atoms with Gasteiger partial charge in [-0.05, 0) is 42.3 Å². The highest BCUT2D eigenvalue weighted by molar-refractivity contribution is 7.98. The van der Waals surface area contributed by atoms with Crippen LogP contribution in [0.2, 0.25) is 5.02 Å². The van der Waals surface area contributed by atoms with Crippen molar-refractivity contribution in [3.05, 3.63) is 80.3 Å². The summed E-state index contributed by atoms with van der Waals surface area (Å²) in [5, 5.41) is 6.10. The van der Waals surface area contributed by atoms with E-state index in [4.69, 9.17) is 11.6 Å². The molecule has 10 heteroatoms. The van der Waals surface area contributed by atoms with Gasteiger partial charge in [0.15, 0.2) is 5.16 Å². The Balaban J connectivity index is 1.59. The number of fused-ring (bicyclic) bond motifs is 1. The van der Waals surface area contributed by atoms with E-state index < -0.39 is 29.1 Å². The Kier molecular flexibility index (Phi) is 6.29. The molecule has 0 unspecified atom stereocenters. The molecule has 0 aliphatic carbocycles. The van der Waals surface area contributed by atoms with E-state index in [0.29, 0.717) is 21.5 Å². The minimum absolute atomic E-state index is 0.0507. The molecule has 1 atom stereocenters. The monoisotopic (exact) mass is 472 g/mol. The fraction of sp³-hybridized carbons (Fsp3) is 0.182. The Morgan fingerprint density at radius 1 is 1.28 bits per heavy atom. The first-order valence-electron chi connectivity index (χ1n) is 9.68. The van der Waals surface area contributed by atoms with Crippen molar-refractivity contribution in [1.82, 2.24) is 9.97 Å². The lowest BCUT2D eigenvalue weighted by Gasteiger charge is -2.23. The summed E-state index contributed by atoms with van der Waals surface area (Å²) in [6.07, 6.45) is -0.215. The number of hydrogen-bond acceptors (Lipinski definition) is 5. The molecule has 0 radical (unpaired) electrons. The Hall–Kier alpha value is -3.17. The molecule has 164 valence electrons. The van der Waals surface area contributed by atoms with Crippen LogP contribution in [0.1, 0.15) is 29.0 Å². The molecule has 0 bridgehead atoms. The van der Waals surface area contributed by atoms with E-state index in [1.807, 2.05) is 18.2 Å². The Morgan fingerprint density at radius 3 is 2.88 bits per heavy atom. The third-order valence-electron chi connectivity index (χ3n) is 4.97. The summed E-state index contributed by atoms with van der Waals surface area (Å²) in [4.78, 5) is 45.0. The van der Waals surface area contributed by atoms with Crippen molar-refractivity contribution in [2.24, 2.45) is 0 Å². The van der Waals surface area contributed by atoms with Crippen LogP contribution in [-0.2, 0) is 15.3 Å². The van der Waals surface area contributed by atoms with Gasteiger partial charge in [0.05, 0.1) is 11.5 Å². The first kappa shape index (κ1) is 22.0. The highest BCUT2D eigenvalue weighted by Gasteiger charge is 2.35. The summed E-state index contributed by atoms with van der Waals surface area (Å²) in [5.74, 6) is -2.02. The number of aromatic amines is 1. The van der Waals surface area contributed by atoms with E-state index in [1.165, 1.54) is 30.0 Å². The number of H-pyrrole nitrogens is 1. The van der Waals surface area contributed by atoms with Crippen molar-refractivity contribution in [2.45, 2.75) is 30.2 Å². The Morgan fingerprint density at radius 2 is 2.09 bits per heavy atom. The molecule has 1 aliphatic heterocycles. The number of carbonyl (C=O) groups is 2. The number of aromatic nitrogens is 2. The predicted octanol–water partition coefficient (Wildman–Crippen LogP) is 4.23. The minimum Gasteiger partial charge on any atom is -0.325 e. The van der Waals surface area contributed by atoms with Gasteiger partial charge in [-0.3, -0.25) is 14.4 Å². The normalized spacial score (nSPS) is 15.1. The summed E-state index contributed by atoms with van der Waals surface area (Å²) in [6, 6.07) is 11.3. The number of halogens is 2. The molecular weight excluding hydrogens is 455 g/mol. The predicted molar refractivity (Wildman–Crippen MR) is 122 cm³/mol. The molecule has 3 N–H and O–H groups in total. The average molecular weight is 473 g/mol. The number of nitrogens with zero attached hydrogens (tertiary/aromatic N) is 1. The lowest BCUT2D eigenvalue weighted by atomic mass is 9.92. The van der Waals surface area contributed by atoms with Crippen LogP contribution in [0.15, 0.2) is 52.4 Å². The molecule has 0 saturated carbocycles. The number of thioether (sulfide) groups is 1. The fourth-order valence-electron chi connectivity index (χ4n) is 3.37. The largest absolute Gasteiger partial charge is 0.325 e. The van der Waals surface area contributed by atoms with Crippen LogP contribution in [-0.4, -0.2) is 21.8 Å². The van der Waals surface area contributed by atoms with Gasteiger partial charge < -0.3 is 15.6 Å². The molecule has 4 rings (SSSR count). The topological polar surface area (TPSA) is 104 Å². The fourth-order valence-corrected chi connectivity index (χ4v) is 4.39. The number of benzene rings is 2. The Bertz CT molecular complexity index is 1280. The molecule has 2 aromatic carbocycles. The summed E-state index contributed by atoms with van der Waals surface area (Å²) in [7, 11) is 0. The SMILES string of the molecule is Cc1ccc(F)cc1NC(=O)[C@@H]1CC(=O)Nc2nc(SCc3cccc(Cl)c3)[nH]c(=O)c21. The summed E-state index contributed by atoms with van der Waals surface area (Å²) >= 11 is 7.26. The number of rotatable bonds is 5. The molecule has 1 aromatic heterocycles. The molecule has 32 heavy (non-hydrogen) atoms. The molecule has 2 amide bonds. The number of nitrogens with one attached hydrogen (secondary N) is 3. The van der Waals surface area contributed by atoms with Crippen LogP contribution < -0.4 is 16.2 Å². The van der Waals surface area contributed by atoms with Crippen LogP contribution >= 0.6 is 23.4 Å². The van der Waals surface area contributed by atoms with Gasteiger partial charge in [-0.2, -0.15) is 0 Å². The van der Waals surface area contributed by atoms with Crippen LogP contribution in [0.5, 0.6) is 0 Å². The first-order valence-corrected chi connectivity index (χ1v) is 11.0. The third-order valence-corrected chi connectivity index (χ3v) is 6.15. The first-order chi connectivity index (χ1) is 15.3. The molecule has 3 aromatic rings. The summed E-state index contributed by atoms with van der Waals surface area (Å²) in [5.41, 5.74) is 1.43. The zero-order valence-corrected chi connectivity index (χ0v) is 18.4. The maximum atomic E-state index is 13.6. The van der Waals surface area contributed by atoms with E-state index in [2.05, 4.69) is 20.6 Å². The van der Waals surface area contributed by atoms with Crippen LogP contribution in [0, 0.1) is 12.7 Å². The van der Waals surface area contributed by atoms with E-state index >= 15 is 0 Å². The number of carbonyl (C=O) groups excluding carboxylic acids is 2. The standard InChI is InChI=1S/C22H18ClFN4O3S/c1-11-5-6-14(24)8-16(11)25-20(30)15-9-17(29)26-19-18(15)21(31)28-22(27-19)32-10-12-3-2-4-13(23)7-12/h2-8,15H,9-10H2,1H3,(H,25,30)(H2,26,27,28,29,31)/t15-/m1/s1. The van der Waals surface area contributed by atoms with Gasteiger partial charge in [-0.15, -0.1) is 0 Å². The molecule has 2 heterocycles. The van der Waals surface area contributed by atoms with Crippen molar-refractivity contribution < 1.29 is 14.0 Å². The van der Waals surface area contributed by atoms with Crippen molar-refractivity contribution in [2.75, 3.05) is 10.6 Å². The van der Waals surface area contributed by atoms with Gasteiger partial charge >= 0.3 is 0 Å². The van der Waals surface area contributed by atoms with E-state index in [9.17, 15) is 18.8 Å². The van der Waals surface area contributed by atoms with Crippen LogP contribution in [0.25, 0.3) is 0 Å². The third kappa shape index (κ3) is 4.84. The molecule has 1 aliphatic rings. The highest BCUT2D eigenvalue weighted by atomic mass is 35.5. The number of aryl methyl sites for hydroxylation is 1. The number of hydrogen-bond donors (Lipinski definition) is 3. The highest BCUT2D eigenvalue weighted by Crippen LogP contribution is 2.31. The Labute approximate surface area is 191 Å². The van der Waals surface area contributed by atoms with Crippen LogP contribution in [0.4, 0.5) is 15.9 Å². The van der Waals surface area contributed by atoms with E-state index in [-0.39, 0.29) is 23.5 Å². The second-order valence-electron chi connectivity index (χ2n) is 7.31. The summed E-state index contributed by atoms with van der Waals surface area (Å²) < 4.78 is 13.6. The molecule has 0 saturated heterocycles. The maximum Gasteiger partial charge on any atom is 0.257 e. The second kappa shape index (κ2) is 9.13. The van der Waals surface area contributed by atoms with Crippen molar-refractivity contribution in [3.8, 4) is 0 Å². The van der Waals surface area contributed by atoms with Gasteiger partial charge in [0.25, 0.3) is 5.56 Å². The second-order valence-corrected chi connectivity index (χ2v) is 8.71. The molecular formula is C22H18ClFN4O3S. The van der Waals surface area contributed by atoms with Gasteiger partial charge in [0.1, 0.15) is 11.6 Å². The van der Waals surface area contributed by atoms with Crippen molar-refractivity contribution in [3.63, 3.8) is 0 Å². The number of amides is 2. The van der Waals surface area contributed by atoms with Gasteiger partial charge in [-0.25, -0.2) is 9.37 Å². The quantitative estimate of drug-likeness (QED) is 0.381. The molecule has 7 nitrogen and oxygen atoms in total. The lowest BCUT2D eigenvalue weighted by molar-refractivity contribution is -0.123. The lowest BCUT2D eigenvalue weighted by Crippen LogP contribution is -2.36. The minimum atomic E-state index is -1.05. The smallest absolute Gasteiger partial charge is 0.257 e. The molecule has 0 spiro atoms. The van der Waals surface area contributed by atoms with Crippen LogP contribution in [0.3, 0.4) is 0 Å². The maximum absolute atomic E-state index is 13.6. The molecule has 0 fully saturated rings. The van der Waals surface area contributed by atoms with Gasteiger partial charge in [0, 0.05) is 22.9 Å². The zero-order chi connectivity index (χ0) is 22.8. The average Bonchev–Trinajstić information content (AvgIpc) is 2.74. The van der Waals surface area contributed by atoms with Gasteiger partial charge in [-0.1, -0.05) is 41.6 Å². The van der Waals surface area contributed by atoms with Crippen molar-refractivity contribution >= 4 is 46.7 Å². The zero-order valence-electron chi connectivity index (χ0n) is 16.9. The van der Waals surface area contributed by atoms with Gasteiger partial charge in [0.2, 0.25) is 11.8 Å². The summed E-state index contributed by atoms with van der Waals surface area (Å²) in [6.45, 7) is 1.72. The van der Waals surface area contributed by atoms with E-state index in [1.54, 1.807) is 13.0 Å². The van der Waals surface area contributed by atoms with E-state index in [0.717, 1.165) is 5.56 Å².